The second-order valence-electron chi connectivity index (χ2n) is 1.62. The highest BCUT2D eigenvalue weighted by Gasteiger charge is 1.99. The highest BCUT2D eigenvalue weighted by molar-refractivity contribution is 5.92. The van der Waals surface area contributed by atoms with Gasteiger partial charge < -0.3 is 10.5 Å². The van der Waals surface area contributed by atoms with Crippen LogP contribution in [0.15, 0.2) is 17.6 Å². The lowest BCUT2D eigenvalue weighted by atomic mass is 10.7. The van der Waals surface area contributed by atoms with Crippen molar-refractivity contribution in [3.8, 4) is 0 Å². The highest BCUT2D eigenvalue weighted by Crippen LogP contribution is 1.76. The van der Waals surface area contributed by atoms with Crippen LogP contribution >= 0.6 is 0 Å². The number of guanidine groups is 1. The van der Waals surface area contributed by atoms with Crippen molar-refractivity contribution in [1.82, 2.24) is 5.32 Å². The maximum Gasteiger partial charge on any atom is 0.414 e. The average Bonchev–Trinajstić information content (AvgIpc) is 2.00. The molecule has 3 N–H and O–H groups in total. The molecule has 0 rings (SSSR count). The number of amides is 1. The third-order valence-electron chi connectivity index (χ3n) is 0.803. The Kier molecular flexibility index (Phi) is 4.55. The van der Waals surface area contributed by atoms with E-state index in [0.717, 1.165) is 0 Å². The molecule has 0 aromatic heterocycles. The summed E-state index contributed by atoms with van der Waals surface area (Å²) in [7, 11) is 1.46. The first-order valence-electron chi connectivity index (χ1n) is 2.97. The third-order valence-corrected chi connectivity index (χ3v) is 0.803. The van der Waals surface area contributed by atoms with E-state index in [0.29, 0.717) is 0 Å². The predicted octanol–water partition coefficient (Wildman–Crippen LogP) is -0.157. The Labute approximate surface area is 64.9 Å². The number of nitrogens with two attached hydrogens (primary N) is 1. The molecule has 0 fully saturated rings. The Morgan fingerprint density at radius 1 is 1.91 bits per heavy atom. The fourth-order valence-electron chi connectivity index (χ4n) is 0.331. The van der Waals surface area contributed by atoms with Gasteiger partial charge in [-0.15, -0.1) is 0 Å². The fourth-order valence-corrected chi connectivity index (χ4v) is 0.331. The zero-order valence-electron chi connectivity index (χ0n) is 6.33. The van der Waals surface area contributed by atoms with E-state index in [2.05, 4.69) is 21.6 Å². The van der Waals surface area contributed by atoms with Crippen LogP contribution < -0.4 is 11.1 Å². The second-order valence-corrected chi connectivity index (χ2v) is 1.62. The zero-order chi connectivity index (χ0) is 8.69. The molecule has 0 bridgehead atoms. The number of aliphatic imine (C=N–C) groups is 1. The summed E-state index contributed by atoms with van der Waals surface area (Å²) in [4.78, 5) is 14.1. The maximum absolute atomic E-state index is 10.6. The number of carbonyl (C=O) groups is 1. The lowest BCUT2D eigenvalue weighted by Gasteiger charge is -2.02. The van der Waals surface area contributed by atoms with E-state index in [1.54, 1.807) is 0 Å². The number of hydrogen-bond acceptors (Lipinski definition) is 3. The fraction of sp³-hybridized carbons (Fsp3) is 0.333. The summed E-state index contributed by atoms with van der Waals surface area (Å²) >= 11 is 0. The molecule has 0 radical (unpaired) electrons. The number of ether oxygens (including phenoxy) is 1. The first kappa shape index (κ1) is 9.48. The van der Waals surface area contributed by atoms with Crippen molar-refractivity contribution in [2.75, 3.05) is 13.7 Å². The number of carbonyl (C=O) groups excluding carboxylic acids is 1. The van der Waals surface area contributed by atoms with Crippen LogP contribution in [0, 0.1) is 0 Å². The summed E-state index contributed by atoms with van der Waals surface area (Å²) in [5.74, 6) is 0.0269. The molecule has 5 nitrogen and oxygen atoms in total. The van der Waals surface area contributed by atoms with Gasteiger partial charge in [-0.1, -0.05) is 12.7 Å². The van der Waals surface area contributed by atoms with E-state index in [9.17, 15) is 4.79 Å². The molecule has 62 valence electrons. The normalized spacial score (nSPS) is 10.5. The largest absolute Gasteiger partial charge is 0.445 e. The Morgan fingerprint density at radius 3 is 3.00 bits per heavy atom. The Morgan fingerprint density at radius 2 is 2.55 bits per heavy atom. The van der Waals surface area contributed by atoms with Gasteiger partial charge in [0.25, 0.3) is 0 Å². The van der Waals surface area contributed by atoms with Gasteiger partial charge in [0.05, 0.1) is 0 Å². The summed E-state index contributed by atoms with van der Waals surface area (Å²) in [6.07, 6.45) is 0.826. The highest BCUT2D eigenvalue weighted by atomic mass is 16.5. The van der Waals surface area contributed by atoms with Gasteiger partial charge in [0.15, 0.2) is 5.96 Å². The molecule has 0 aromatic rings. The van der Waals surface area contributed by atoms with Crippen LogP contribution in [0.3, 0.4) is 0 Å². The summed E-state index contributed by atoms with van der Waals surface area (Å²) in [5.41, 5.74) is 5.16. The van der Waals surface area contributed by atoms with E-state index in [1.807, 2.05) is 0 Å². The molecular weight excluding hydrogens is 146 g/mol. The van der Waals surface area contributed by atoms with Gasteiger partial charge in [-0.05, 0) is 0 Å². The predicted molar refractivity (Wildman–Crippen MR) is 42.2 cm³/mol. The van der Waals surface area contributed by atoms with Crippen molar-refractivity contribution in [2.45, 2.75) is 0 Å². The first-order chi connectivity index (χ1) is 5.20. The first-order valence-corrected chi connectivity index (χ1v) is 2.97. The molecule has 0 unspecified atom stereocenters. The molecule has 0 saturated carbocycles. The number of rotatable bonds is 2. The van der Waals surface area contributed by atoms with Crippen molar-refractivity contribution in [3.05, 3.63) is 12.7 Å². The monoisotopic (exact) mass is 157 g/mol. The van der Waals surface area contributed by atoms with Crippen LogP contribution in [0.25, 0.3) is 0 Å². The van der Waals surface area contributed by atoms with E-state index in [4.69, 9.17) is 5.73 Å². The standard InChI is InChI=1S/C6H11N3O2/c1-3-4-11-6(10)9-5(7)8-2/h3H,1,4H2,2H3,(H3,7,8,9,10). The zero-order valence-corrected chi connectivity index (χ0v) is 6.33. The molecule has 0 aliphatic carbocycles. The lowest BCUT2D eigenvalue weighted by molar-refractivity contribution is 0.164. The van der Waals surface area contributed by atoms with E-state index in [-0.39, 0.29) is 12.6 Å². The molecule has 0 spiro atoms. The molecular formula is C6H11N3O2. The summed E-state index contributed by atoms with van der Waals surface area (Å²) in [6.45, 7) is 3.52. The second kappa shape index (κ2) is 5.28. The summed E-state index contributed by atoms with van der Waals surface area (Å²) in [5, 5.41) is 2.18. The van der Waals surface area contributed by atoms with Crippen LogP contribution in [-0.4, -0.2) is 25.7 Å². The van der Waals surface area contributed by atoms with Gasteiger partial charge in [-0.3, -0.25) is 10.3 Å². The van der Waals surface area contributed by atoms with Crippen molar-refractivity contribution in [3.63, 3.8) is 0 Å². The van der Waals surface area contributed by atoms with Crippen molar-refractivity contribution in [1.29, 1.82) is 0 Å². The van der Waals surface area contributed by atoms with Gasteiger partial charge in [0.2, 0.25) is 0 Å². The molecule has 0 heterocycles. The van der Waals surface area contributed by atoms with Crippen LogP contribution in [-0.2, 0) is 4.74 Å². The van der Waals surface area contributed by atoms with E-state index >= 15 is 0 Å². The van der Waals surface area contributed by atoms with Gasteiger partial charge >= 0.3 is 6.09 Å². The smallest absolute Gasteiger partial charge is 0.414 e. The quantitative estimate of drug-likeness (QED) is 0.332. The molecule has 1 amide bonds. The molecule has 5 heteroatoms. The Hall–Kier alpha value is -1.52. The van der Waals surface area contributed by atoms with E-state index in [1.165, 1.54) is 13.1 Å². The van der Waals surface area contributed by atoms with Gasteiger partial charge in [0, 0.05) is 7.05 Å². The minimum Gasteiger partial charge on any atom is -0.445 e. The van der Waals surface area contributed by atoms with Crippen LogP contribution in [0.1, 0.15) is 0 Å². The lowest BCUT2D eigenvalue weighted by Crippen LogP contribution is -2.36. The summed E-state index contributed by atoms with van der Waals surface area (Å²) < 4.78 is 4.53. The summed E-state index contributed by atoms with van der Waals surface area (Å²) in [6, 6.07) is 0. The van der Waals surface area contributed by atoms with Gasteiger partial charge in [-0.25, -0.2) is 4.79 Å². The minimum atomic E-state index is -0.631. The van der Waals surface area contributed by atoms with E-state index < -0.39 is 6.09 Å². The SMILES string of the molecule is C=CCOC(=O)NC(N)=NC. The Bertz CT molecular complexity index is 177. The molecule has 0 atom stereocenters. The molecule has 0 aliphatic heterocycles. The molecule has 0 saturated heterocycles. The number of nitrogens with zero attached hydrogens (tertiary/aromatic N) is 1. The molecule has 0 aromatic carbocycles. The minimum absolute atomic E-state index is 0.0269. The molecule has 0 aliphatic rings. The van der Waals surface area contributed by atoms with Crippen LogP contribution in [0.5, 0.6) is 0 Å². The van der Waals surface area contributed by atoms with Crippen LogP contribution in [0.2, 0.25) is 0 Å². The number of alkyl carbamates (subject to hydrolysis) is 1. The van der Waals surface area contributed by atoms with Gasteiger partial charge in [0.1, 0.15) is 6.61 Å². The van der Waals surface area contributed by atoms with Crippen molar-refractivity contribution in [2.24, 2.45) is 10.7 Å². The van der Waals surface area contributed by atoms with Crippen molar-refractivity contribution < 1.29 is 9.53 Å². The third kappa shape index (κ3) is 4.95. The van der Waals surface area contributed by atoms with Crippen LogP contribution in [0.4, 0.5) is 4.79 Å². The number of hydrogen-bond donors (Lipinski definition) is 2. The van der Waals surface area contributed by atoms with Crippen molar-refractivity contribution >= 4 is 12.1 Å². The maximum atomic E-state index is 10.6. The topological polar surface area (TPSA) is 76.7 Å². The average molecular weight is 157 g/mol. The molecule has 11 heavy (non-hydrogen) atoms. The number of nitrogens with one attached hydrogen (secondary N) is 1. The Balaban J connectivity index is 3.60. The van der Waals surface area contributed by atoms with Gasteiger partial charge in [-0.2, -0.15) is 0 Å².